The van der Waals surface area contributed by atoms with Gasteiger partial charge in [-0.15, -0.1) is 10.2 Å². The highest BCUT2D eigenvalue weighted by Crippen LogP contribution is 2.33. The summed E-state index contributed by atoms with van der Waals surface area (Å²) in [4.78, 5) is 7.08. The Bertz CT molecular complexity index is 1550. The standard InChI is InChI=1S/C27H26ClN5O3/c1-32(14-13-17-9-12-23(35-3)24(15-17)36-4)27-29-21-16-18(28)10-11-19(21)25-30-31-26(33(25)27)20-7-5-6-8-22(20)34-2/h5-12,15-16H,13-14H2,1-4H3. The van der Waals surface area contributed by atoms with Gasteiger partial charge in [0.1, 0.15) is 5.75 Å². The first-order valence-corrected chi connectivity index (χ1v) is 11.8. The molecule has 3 aromatic carbocycles. The lowest BCUT2D eigenvalue weighted by atomic mass is 10.1. The molecule has 5 rings (SSSR count). The predicted octanol–water partition coefficient (Wildman–Crippen LogP) is 5.30. The molecule has 9 heteroatoms. The van der Waals surface area contributed by atoms with Crippen LogP contribution in [0, 0.1) is 0 Å². The average molecular weight is 504 g/mol. The molecule has 0 aliphatic rings. The Morgan fingerprint density at radius 1 is 0.861 bits per heavy atom. The Morgan fingerprint density at radius 2 is 1.64 bits per heavy atom. The number of anilines is 1. The van der Waals surface area contributed by atoms with Crippen LogP contribution in [0.25, 0.3) is 27.9 Å². The van der Waals surface area contributed by atoms with E-state index in [4.69, 9.17) is 30.8 Å². The highest BCUT2D eigenvalue weighted by Gasteiger charge is 2.21. The van der Waals surface area contributed by atoms with Gasteiger partial charge in [-0.3, -0.25) is 0 Å². The number of hydrogen-bond acceptors (Lipinski definition) is 7. The maximum Gasteiger partial charge on any atom is 0.213 e. The minimum atomic E-state index is 0.614. The molecule has 2 heterocycles. The maximum atomic E-state index is 6.30. The van der Waals surface area contributed by atoms with E-state index < -0.39 is 0 Å². The van der Waals surface area contributed by atoms with E-state index >= 15 is 0 Å². The second-order valence-electron chi connectivity index (χ2n) is 8.32. The lowest BCUT2D eigenvalue weighted by Crippen LogP contribution is -2.24. The van der Waals surface area contributed by atoms with Crippen LogP contribution in [-0.4, -0.2) is 54.5 Å². The van der Waals surface area contributed by atoms with Crippen LogP contribution in [0.3, 0.4) is 0 Å². The van der Waals surface area contributed by atoms with E-state index in [0.717, 1.165) is 28.5 Å². The molecule has 0 radical (unpaired) electrons. The van der Waals surface area contributed by atoms with Gasteiger partial charge in [-0.25, -0.2) is 9.38 Å². The van der Waals surface area contributed by atoms with Crippen LogP contribution in [0.2, 0.25) is 5.02 Å². The molecule has 36 heavy (non-hydrogen) atoms. The molecule has 0 saturated heterocycles. The number of aromatic nitrogens is 4. The normalized spacial score (nSPS) is 11.1. The van der Waals surface area contributed by atoms with E-state index in [1.165, 1.54) is 0 Å². The van der Waals surface area contributed by atoms with Crippen molar-refractivity contribution < 1.29 is 14.2 Å². The van der Waals surface area contributed by atoms with Gasteiger partial charge in [0.25, 0.3) is 0 Å². The molecule has 0 bridgehead atoms. The SMILES string of the molecule is COc1ccc(CCN(C)c2nc3cc(Cl)ccc3c3nnc(-c4ccccc4OC)n23)cc1OC. The Labute approximate surface area is 214 Å². The Hall–Kier alpha value is -4.04. The van der Waals surface area contributed by atoms with Gasteiger partial charge in [0.2, 0.25) is 5.95 Å². The number of benzene rings is 3. The number of rotatable bonds is 8. The molecule has 0 unspecified atom stereocenters. The van der Waals surface area contributed by atoms with E-state index in [1.807, 2.05) is 72.1 Å². The summed E-state index contributed by atoms with van der Waals surface area (Å²) < 4.78 is 18.4. The highest BCUT2D eigenvalue weighted by molar-refractivity contribution is 6.31. The van der Waals surface area contributed by atoms with Crippen molar-refractivity contribution in [1.29, 1.82) is 0 Å². The van der Waals surface area contributed by atoms with Gasteiger partial charge in [0, 0.05) is 24.0 Å². The van der Waals surface area contributed by atoms with Crippen LogP contribution in [0.1, 0.15) is 5.56 Å². The number of likely N-dealkylation sites (N-methyl/N-ethyl adjacent to an activating group) is 1. The third kappa shape index (κ3) is 4.24. The summed E-state index contributed by atoms with van der Waals surface area (Å²) in [7, 11) is 6.92. The molecule has 5 aromatic rings. The number of nitrogens with zero attached hydrogens (tertiary/aromatic N) is 5. The number of methoxy groups -OCH3 is 3. The Morgan fingerprint density at radius 3 is 2.42 bits per heavy atom. The van der Waals surface area contributed by atoms with Crippen LogP contribution in [0.5, 0.6) is 17.2 Å². The molecular formula is C27H26ClN5O3. The summed E-state index contributed by atoms with van der Waals surface area (Å²) in [5.74, 6) is 3.47. The van der Waals surface area contributed by atoms with Crippen molar-refractivity contribution in [3.8, 4) is 28.6 Å². The summed E-state index contributed by atoms with van der Waals surface area (Å²) in [6.07, 6.45) is 0.764. The molecule has 184 valence electrons. The van der Waals surface area contributed by atoms with Crippen molar-refractivity contribution in [3.63, 3.8) is 0 Å². The van der Waals surface area contributed by atoms with Crippen molar-refractivity contribution in [2.75, 3.05) is 39.8 Å². The summed E-state index contributed by atoms with van der Waals surface area (Å²) >= 11 is 6.30. The number of halogens is 1. The number of ether oxygens (including phenoxy) is 3. The van der Waals surface area contributed by atoms with Gasteiger partial charge in [0.15, 0.2) is 23.0 Å². The zero-order valence-electron chi connectivity index (χ0n) is 20.5. The molecule has 0 aliphatic heterocycles. The van der Waals surface area contributed by atoms with Gasteiger partial charge < -0.3 is 19.1 Å². The predicted molar refractivity (Wildman–Crippen MR) is 142 cm³/mol. The second kappa shape index (κ2) is 9.91. The summed E-state index contributed by atoms with van der Waals surface area (Å²) in [6, 6.07) is 19.3. The molecule has 0 saturated carbocycles. The zero-order valence-corrected chi connectivity index (χ0v) is 21.3. The number of para-hydroxylation sites is 1. The van der Waals surface area contributed by atoms with E-state index in [2.05, 4.69) is 15.1 Å². The van der Waals surface area contributed by atoms with E-state index in [-0.39, 0.29) is 0 Å². The van der Waals surface area contributed by atoms with Gasteiger partial charge in [-0.2, -0.15) is 0 Å². The average Bonchev–Trinajstić information content (AvgIpc) is 3.35. The molecule has 0 fully saturated rings. The lowest BCUT2D eigenvalue weighted by Gasteiger charge is -2.21. The summed E-state index contributed by atoms with van der Waals surface area (Å²) in [5, 5.41) is 10.6. The highest BCUT2D eigenvalue weighted by atomic mass is 35.5. The molecule has 0 spiro atoms. The van der Waals surface area contributed by atoms with E-state index in [0.29, 0.717) is 46.2 Å². The van der Waals surface area contributed by atoms with Crippen molar-refractivity contribution in [1.82, 2.24) is 19.6 Å². The van der Waals surface area contributed by atoms with Crippen LogP contribution in [0.4, 0.5) is 5.95 Å². The monoisotopic (exact) mass is 503 g/mol. The first-order valence-electron chi connectivity index (χ1n) is 11.4. The van der Waals surface area contributed by atoms with E-state index in [1.54, 1.807) is 21.3 Å². The van der Waals surface area contributed by atoms with Crippen molar-refractivity contribution >= 4 is 34.1 Å². The first kappa shape index (κ1) is 23.7. The largest absolute Gasteiger partial charge is 0.496 e. The van der Waals surface area contributed by atoms with Crippen LogP contribution >= 0.6 is 11.6 Å². The van der Waals surface area contributed by atoms with Crippen molar-refractivity contribution in [2.45, 2.75) is 6.42 Å². The smallest absolute Gasteiger partial charge is 0.213 e. The third-order valence-corrected chi connectivity index (χ3v) is 6.39. The Kier molecular flexibility index (Phi) is 6.52. The molecular weight excluding hydrogens is 478 g/mol. The van der Waals surface area contributed by atoms with Crippen LogP contribution in [-0.2, 0) is 6.42 Å². The second-order valence-corrected chi connectivity index (χ2v) is 8.75. The summed E-state index contributed by atoms with van der Waals surface area (Å²) in [5.41, 5.74) is 3.40. The zero-order chi connectivity index (χ0) is 25.2. The minimum Gasteiger partial charge on any atom is -0.496 e. The molecule has 0 atom stereocenters. The number of hydrogen-bond donors (Lipinski definition) is 0. The van der Waals surface area contributed by atoms with Crippen LogP contribution < -0.4 is 19.1 Å². The van der Waals surface area contributed by atoms with Crippen molar-refractivity contribution in [2.24, 2.45) is 0 Å². The molecule has 0 aliphatic carbocycles. The van der Waals surface area contributed by atoms with Crippen molar-refractivity contribution in [3.05, 3.63) is 71.2 Å². The molecule has 0 amide bonds. The Balaban J connectivity index is 1.60. The maximum absolute atomic E-state index is 6.30. The van der Waals surface area contributed by atoms with Gasteiger partial charge in [-0.05, 0) is 54.4 Å². The quantitative estimate of drug-likeness (QED) is 0.284. The fraction of sp³-hybridized carbons (Fsp3) is 0.222. The van der Waals surface area contributed by atoms with Crippen LogP contribution in [0.15, 0.2) is 60.7 Å². The van der Waals surface area contributed by atoms with Gasteiger partial charge in [-0.1, -0.05) is 29.8 Å². The molecule has 0 N–H and O–H groups in total. The first-order chi connectivity index (χ1) is 17.5. The minimum absolute atomic E-state index is 0.614. The fourth-order valence-electron chi connectivity index (χ4n) is 4.29. The summed E-state index contributed by atoms with van der Waals surface area (Å²) in [6.45, 7) is 0.688. The van der Waals surface area contributed by atoms with E-state index in [9.17, 15) is 0 Å². The van der Waals surface area contributed by atoms with Gasteiger partial charge >= 0.3 is 0 Å². The molecule has 8 nitrogen and oxygen atoms in total. The third-order valence-electron chi connectivity index (χ3n) is 6.16. The number of fused-ring (bicyclic) bond motifs is 3. The fourth-order valence-corrected chi connectivity index (χ4v) is 4.45. The lowest BCUT2D eigenvalue weighted by molar-refractivity contribution is 0.354. The molecule has 2 aromatic heterocycles. The van der Waals surface area contributed by atoms with Gasteiger partial charge in [0.05, 0.1) is 32.4 Å². The topological polar surface area (TPSA) is 74.0 Å².